The fourth-order valence-corrected chi connectivity index (χ4v) is 3.53. The van der Waals surface area contributed by atoms with E-state index in [4.69, 9.17) is 0 Å². The number of fused-ring (bicyclic) bond motifs is 1. The molecule has 4 nitrogen and oxygen atoms in total. The Morgan fingerprint density at radius 2 is 1.92 bits per heavy atom. The molecule has 0 spiro atoms. The van der Waals surface area contributed by atoms with Crippen LogP contribution in [0.3, 0.4) is 0 Å². The first kappa shape index (κ1) is 15.6. The maximum atomic E-state index is 12.9. The van der Waals surface area contributed by atoms with Gasteiger partial charge in [0.1, 0.15) is 11.9 Å². The van der Waals surface area contributed by atoms with Gasteiger partial charge in [-0.25, -0.2) is 4.98 Å². The molecule has 0 bridgehead atoms. The molecular weight excluding hydrogens is 310 g/mol. The number of aryl methyl sites for hydroxylation is 3. The van der Waals surface area contributed by atoms with Gasteiger partial charge >= 0.3 is 0 Å². The zero-order valence-corrected chi connectivity index (χ0v) is 14.3. The molecule has 3 aromatic rings. The van der Waals surface area contributed by atoms with Crippen molar-refractivity contribution < 1.29 is 4.79 Å². The molecule has 1 N–H and O–H groups in total. The van der Waals surface area contributed by atoms with Crippen molar-refractivity contribution in [2.24, 2.45) is 7.05 Å². The molecule has 1 aliphatic rings. The SMILES string of the molecule is Cn1ccnc1C(NC(=O)c1ccc2c(c1)CCC2)c1ccccc1. The van der Waals surface area contributed by atoms with E-state index in [-0.39, 0.29) is 11.9 Å². The third-order valence-electron chi connectivity index (χ3n) is 4.89. The van der Waals surface area contributed by atoms with Gasteiger partial charge in [0.15, 0.2) is 0 Å². The minimum absolute atomic E-state index is 0.0634. The highest BCUT2D eigenvalue weighted by Crippen LogP contribution is 2.24. The quantitative estimate of drug-likeness (QED) is 0.796. The van der Waals surface area contributed by atoms with Crippen LogP contribution in [0.15, 0.2) is 60.9 Å². The van der Waals surface area contributed by atoms with E-state index in [0.717, 1.165) is 29.8 Å². The fraction of sp³-hybridized carbons (Fsp3) is 0.238. The van der Waals surface area contributed by atoms with E-state index in [1.54, 1.807) is 6.20 Å². The number of benzene rings is 2. The highest BCUT2D eigenvalue weighted by atomic mass is 16.1. The first-order chi connectivity index (χ1) is 12.2. The Balaban J connectivity index is 1.65. The van der Waals surface area contributed by atoms with E-state index < -0.39 is 0 Å². The van der Waals surface area contributed by atoms with Gasteiger partial charge in [-0.2, -0.15) is 0 Å². The Hall–Kier alpha value is -2.88. The number of hydrogen-bond acceptors (Lipinski definition) is 2. The Labute approximate surface area is 147 Å². The lowest BCUT2D eigenvalue weighted by molar-refractivity contribution is 0.0941. The van der Waals surface area contributed by atoms with Gasteiger partial charge in [0.2, 0.25) is 0 Å². The van der Waals surface area contributed by atoms with Crippen LogP contribution < -0.4 is 5.32 Å². The number of amides is 1. The zero-order valence-electron chi connectivity index (χ0n) is 14.3. The number of hydrogen-bond donors (Lipinski definition) is 1. The summed E-state index contributed by atoms with van der Waals surface area (Å²) in [7, 11) is 1.94. The molecule has 2 aromatic carbocycles. The molecule has 1 atom stereocenters. The molecule has 1 unspecified atom stereocenters. The normalized spacial score (nSPS) is 14.1. The number of rotatable bonds is 4. The standard InChI is InChI=1S/C21H21N3O/c1-24-13-12-22-20(24)19(16-6-3-2-4-7-16)23-21(25)18-11-10-15-8-5-9-17(15)14-18/h2-4,6-7,10-14,19H,5,8-9H2,1H3,(H,23,25). The lowest BCUT2D eigenvalue weighted by Crippen LogP contribution is -2.31. The molecule has 25 heavy (non-hydrogen) atoms. The average Bonchev–Trinajstić information content (AvgIpc) is 3.28. The summed E-state index contributed by atoms with van der Waals surface area (Å²) in [6.45, 7) is 0. The third-order valence-corrected chi connectivity index (χ3v) is 4.89. The van der Waals surface area contributed by atoms with Gasteiger partial charge in [-0.3, -0.25) is 4.79 Å². The van der Waals surface area contributed by atoms with Gasteiger partial charge in [0, 0.05) is 25.0 Å². The van der Waals surface area contributed by atoms with Crippen LogP contribution in [0.2, 0.25) is 0 Å². The summed E-state index contributed by atoms with van der Waals surface area (Å²) in [5, 5.41) is 3.16. The second-order valence-corrected chi connectivity index (χ2v) is 6.55. The van der Waals surface area contributed by atoms with Crippen molar-refractivity contribution in [2.75, 3.05) is 0 Å². The topological polar surface area (TPSA) is 46.9 Å². The predicted octanol–water partition coefficient (Wildman–Crippen LogP) is 3.43. The van der Waals surface area contributed by atoms with E-state index in [0.29, 0.717) is 0 Å². The van der Waals surface area contributed by atoms with Crippen molar-refractivity contribution in [3.05, 3.63) is 89.0 Å². The number of nitrogens with one attached hydrogen (secondary N) is 1. The summed E-state index contributed by atoms with van der Waals surface area (Å²) >= 11 is 0. The molecule has 1 aromatic heterocycles. The molecule has 0 aliphatic heterocycles. The molecule has 0 radical (unpaired) electrons. The average molecular weight is 331 g/mol. The van der Waals surface area contributed by atoms with Crippen LogP contribution in [0, 0.1) is 0 Å². The number of carbonyl (C=O) groups excluding carboxylic acids is 1. The first-order valence-electron chi connectivity index (χ1n) is 8.67. The third kappa shape index (κ3) is 3.07. The van der Waals surface area contributed by atoms with Crippen LogP contribution in [0.4, 0.5) is 0 Å². The Morgan fingerprint density at radius 3 is 2.68 bits per heavy atom. The minimum atomic E-state index is -0.276. The molecule has 1 aliphatic carbocycles. The van der Waals surface area contributed by atoms with Crippen molar-refractivity contribution in [2.45, 2.75) is 25.3 Å². The van der Waals surface area contributed by atoms with Gasteiger partial charge < -0.3 is 9.88 Å². The largest absolute Gasteiger partial charge is 0.338 e. The van der Waals surface area contributed by atoms with Crippen molar-refractivity contribution >= 4 is 5.91 Å². The van der Waals surface area contributed by atoms with Crippen molar-refractivity contribution in [3.63, 3.8) is 0 Å². The molecule has 0 saturated carbocycles. The van der Waals surface area contributed by atoms with E-state index in [9.17, 15) is 4.79 Å². The summed E-state index contributed by atoms with van der Waals surface area (Å²) in [5.41, 5.74) is 4.42. The maximum absolute atomic E-state index is 12.9. The fourth-order valence-electron chi connectivity index (χ4n) is 3.53. The maximum Gasteiger partial charge on any atom is 0.252 e. The number of carbonyl (C=O) groups is 1. The Bertz CT molecular complexity index is 899. The second kappa shape index (κ2) is 6.55. The zero-order chi connectivity index (χ0) is 17.2. The van der Waals surface area contributed by atoms with Crippen molar-refractivity contribution in [3.8, 4) is 0 Å². The highest BCUT2D eigenvalue weighted by molar-refractivity contribution is 5.95. The van der Waals surface area contributed by atoms with E-state index in [1.807, 2.05) is 60.3 Å². The monoisotopic (exact) mass is 331 g/mol. The molecule has 1 heterocycles. The van der Waals surface area contributed by atoms with Crippen LogP contribution in [-0.4, -0.2) is 15.5 Å². The lowest BCUT2D eigenvalue weighted by Gasteiger charge is -2.19. The molecule has 0 fully saturated rings. The Morgan fingerprint density at radius 1 is 1.12 bits per heavy atom. The molecule has 4 rings (SSSR count). The van der Waals surface area contributed by atoms with Gasteiger partial charge in [-0.05, 0) is 48.1 Å². The minimum Gasteiger partial charge on any atom is -0.338 e. The van der Waals surface area contributed by atoms with Crippen LogP contribution in [0.5, 0.6) is 0 Å². The molecule has 4 heteroatoms. The molecule has 126 valence electrons. The van der Waals surface area contributed by atoms with Gasteiger partial charge in [0.05, 0.1) is 0 Å². The van der Waals surface area contributed by atoms with Crippen molar-refractivity contribution in [1.29, 1.82) is 0 Å². The number of aromatic nitrogens is 2. The summed E-state index contributed by atoms with van der Waals surface area (Å²) in [4.78, 5) is 17.3. The number of imidazole rings is 1. The summed E-state index contributed by atoms with van der Waals surface area (Å²) in [5.74, 6) is 0.757. The van der Waals surface area contributed by atoms with Crippen LogP contribution in [0.1, 0.15) is 45.3 Å². The summed E-state index contributed by atoms with van der Waals surface area (Å²) in [6.07, 6.45) is 7.02. The summed E-state index contributed by atoms with van der Waals surface area (Å²) in [6, 6.07) is 15.8. The van der Waals surface area contributed by atoms with Crippen LogP contribution >= 0.6 is 0 Å². The number of nitrogens with zero attached hydrogens (tertiary/aromatic N) is 2. The molecule has 0 saturated heterocycles. The van der Waals surface area contributed by atoms with Gasteiger partial charge in [-0.1, -0.05) is 36.4 Å². The van der Waals surface area contributed by atoms with E-state index in [1.165, 1.54) is 17.5 Å². The van der Waals surface area contributed by atoms with Gasteiger partial charge in [-0.15, -0.1) is 0 Å². The van der Waals surface area contributed by atoms with Crippen molar-refractivity contribution in [1.82, 2.24) is 14.9 Å². The lowest BCUT2D eigenvalue weighted by atomic mass is 10.0. The predicted molar refractivity (Wildman–Crippen MR) is 97.4 cm³/mol. The first-order valence-corrected chi connectivity index (χ1v) is 8.67. The smallest absolute Gasteiger partial charge is 0.252 e. The molecular formula is C21H21N3O. The van der Waals surface area contributed by atoms with Crippen LogP contribution in [0.25, 0.3) is 0 Å². The second-order valence-electron chi connectivity index (χ2n) is 6.55. The summed E-state index contributed by atoms with van der Waals surface area (Å²) < 4.78 is 1.95. The van der Waals surface area contributed by atoms with E-state index >= 15 is 0 Å². The van der Waals surface area contributed by atoms with Crippen LogP contribution in [-0.2, 0) is 19.9 Å². The Kier molecular flexibility index (Phi) is 4.10. The van der Waals surface area contributed by atoms with Gasteiger partial charge in [0.25, 0.3) is 5.91 Å². The highest BCUT2D eigenvalue weighted by Gasteiger charge is 2.22. The molecule has 1 amide bonds. The van der Waals surface area contributed by atoms with E-state index in [2.05, 4.69) is 16.4 Å².